The van der Waals surface area contributed by atoms with Gasteiger partial charge in [0.1, 0.15) is 23.0 Å². The van der Waals surface area contributed by atoms with E-state index in [0.29, 0.717) is 22.3 Å². The second kappa shape index (κ2) is 5.67. The molecule has 0 atom stereocenters. The number of hydrogen-bond acceptors (Lipinski definition) is 3. The Hall–Kier alpha value is -2.81. The van der Waals surface area contributed by atoms with Gasteiger partial charge >= 0.3 is 0 Å². The van der Waals surface area contributed by atoms with Crippen molar-refractivity contribution in [3.63, 3.8) is 0 Å². The van der Waals surface area contributed by atoms with Crippen LogP contribution in [0.4, 0.5) is 0 Å². The van der Waals surface area contributed by atoms with E-state index in [4.69, 9.17) is 9.15 Å². The monoisotopic (exact) mass is 278 g/mol. The van der Waals surface area contributed by atoms with Crippen LogP contribution in [-0.2, 0) is 0 Å². The van der Waals surface area contributed by atoms with Crippen molar-refractivity contribution in [3.05, 3.63) is 76.1 Å². The van der Waals surface area contributed by atoms with E-state index in [9.17, 15) is 4.79 Å². The summed E-state index contributed by atoms with van der Waals surface area (Å²) in [7, 11) is 1.54. The summed E-state index contributed by atoms with van der Waals surface area (Å²) in [5.74, 6) is 0.524. The van der Waals surface area contributed by atoms with Gasteiger partial charge in [0.25, 0.3) is 0 Å². The molecule has 0 unspecified atom stereocenters. The summed E-state index contributed by atoms with van der Waals surface area (Å²) < 4.78 is 10.8. The Kier molecular flexibility index (Phi) is 3.56. The second-order valence-electron chi connectivity index (χ2n) is 4.60. The first-order valence-corrected chi connectivity index (χ1v) is 6.61. The molecule has 1 aromatic heterocycles. The summed E-state index contributed by atoms with van der Waals surface area (Å²) >= 11 is 0. The van der Waals surface area contributed by atoms with E-state index < -0.39 is 0 Å². The van der Waals surface area contributed by atoms with E-state index in [-0.39, 0.29) is 5.43 Å². The minimum Gasteiger partial charge on any atom is -0.496 e. The van der Waals surface area contributed by atoms with Gasteiger partial charge in [0.05, 0.1) is 12.7 Å². The number of methoxy groups -OCH3 is 1. The molecule has 3 aromatic rings. The Balaban J connectivity index is 2.10. The Labute approximate surface area is 122 Å². The predicted octanol–water partition coefficient (Wildman–Crippen LogP) is 3.97. The fourth-order valence-electron chi connectivity index (χ4n) is 2.19. The van der Waals surface area contributed by atoms with Crippen LogP contribution in [0, 0.1) is 0 Å². The lowest BCUT2D eigenvalue weighted by atomic mass is 10.1. The maximum Gasteiger partial charge on any atom is 0.203 e. The molecule has 0 aliphatic rings. The average molecular weight is 278 g/mol. The minimum atomic E-state index is -0.0964. The summed E-state index contributed by atoms with van der Waals surface area (Å²) in [6, 6.07) is 15.1. The van der Waals surface area contributed by atoms with Gasteiger partial charge < -0.3 is 9.15 Å². The van der Waals surface area contributed by atoms with E-state index >= 15 is 0 Å². The highest BCUT2D eigenvalue weighted by Crippen LogP contribution is 2.22. The van der Waals surface area contributed by atoms with Gasteiger partial charge in [-0.1, -0.05) is 42.5 Å². The Morgan fingerprint density at radius 1 is 1.00 bits per heavy atom. The zero-order valence-corrected chi connectivity index (χ0v) is 11.6. The highest BCUT2D eigenvalue weighted by atomic mass is 16.5. The lowest BCUT2D eigenvalue weighted by Gasteiger charge is -2.04. The number of benzene rings is 2. The van der Waals surface area contributed by atoms with Gasteiger partial charge in [-0.25, -0.2) is 0 Å². The molecule has 0 aliphatic heterocycles. The molecule has 1 heterocycles. The summed E-state index contributed by atoms with van der Waals surface area (Å²) in [6.45, 7) is 0. The zero-order valence-electron chi connectivity index (χ0n) is 11.6. The van der Waals surface area contributed by atoms with Crippen molar-refractivity contribution in [2.45, 2.75) is 0 Å². The molecule has 0 saturated carbocycles. The van der Waals surface area contributed by atoms with Crippen LogP contribution in [0.15, 0.2) is 64.0 Å². The summed E-state index contributed by atoms with van der Waals surface area (Å²) in [5, 5.41) is 0.468. The molecule has 0 bridgehead atoms. The van der Waals surface area contributed by atoms with Gasteiger partial charge in [-0.3, -0.25) is 4.79 Å². The molecular weight excluding hydrogens is 264 g/mol. The molecule has 3 rings (SSSR count). The molecule has 0 N–H and O–H groups in total. The SMILES string of the molecule is COc1cccc2occ(/C=C\c3ccccc3)c(=O)c12. The Bertz CT molecular complexity index is 845. The van der Waals surface area contributed by atoms with Crippen molar-refractivity contribution in [1.82, 2.24) is 0 Å². The van der Waals surface area contributed by atoms with Crippen molar-refractivity contribution in [2.24, 2.45) is 0 Å². The largest absolute Gasteiger partial charge is 0.496 e. The Morgan fingerprint density at radius 2 is 1.81 bits per heavy atom. The molecule has 0 aliphatic carbocycles. The van der Waals surface area contributed by atoms with Crippen LogP contribution >= 0.6 is 0 Å². The number of rotatable bonds is 3. The van der Waals surface area contributed by atoms with Crippen LogP contribution < -0.4 is 10.2 Å². The molecule has 0 radical (unpaired) electrons. The molecular formula is C18H14O3. The van der Waals surface area contributed by atoms with Crippen LogP contribution in [0.3, 0.4) is 0 Å². The molecule has 3 nitrogen and oxygen atoms in total. The van der Waals surface area contributed by atoms with Gasteiger partial charge in [0.2, 0.25) is 5.43 Å². The summed E-state index contributed by atoms with van der Waals surface area (Å²) in [5.41, 5.74) is 1.95. The predicted molar refractivity (Wildman–Crippen MR) is 84.4 cm³/mol. The molecule has 0 amide bonds. The number of fused-ring (bicyclic) bond motifs is 1. The second-order valence-corrected chi connectivity index (χ2v) is 4.60. The first-order chi connectivity index (χ1) is 10.3. The van der Waals surface area contributed by atoms with Crippen LogP contribution in [0.1, 0.15) is 11.1 Å². The molecule has 2 aromatic carbocycles. The molecule has 21 heavy (non-hydrogen) atoms. The topological polar surface area (TPSA) is 39.4 Å². The maximum absolute atomic E-state index is 12.5. The van der Waals surface area contributed by atoms with Crippen LogP contribution in [0.5, 0.6) is 5.75 Å². The molecule has 104 valence electrons. The van der Waals surface area contributed by atoms with Crippen LogP contribution in [0.2, 0.25) is 0 Å². The van der Waals surface area contributed by atoms with E-state index in [0.717, 1.165) is 5.56 Å². The average Bonchev–Trinajstić information content (AvgIpc) is 2.54. The van der Waals surface area contributed by atoms with Crippen molar-refractivity contribution in [3.8, 4) is 5.75 Å². The first-order valence-electron chi connectivity index (χ1n) is 6.61. The van der Waals surface area contributed by atoms with Gasteiger partial charge in [-0.15, -0.1) is 0 Å². The van der Waals surface area contributed by atoms with Crippen LogP contribution in [0.25, 0.3) is 23.1 Å². The Morgan fingerprint density at radius 3 is 2.57 bits per heavy atom. The van der Waals surface area contributed by atoms with E-state index in [2.05, 4.69) is 0 Å². The fourth-order valence-corrected chi connectivity index (χ4v) is 2.19. The smallest absolute Gasteiger partial charge is 0.203 e. The maximum atomic E-state index is 12.5. The lowest BCUT2D eigenvalue weighted by Crippen LogP contribution is -2.06. The van der Waals surface area contributed by atoms with Crippen molar-refractivity contribution in [2.75, 3.05) is 7.11 Å². The van der Waals surface area contributed by atoms with E-state index in [1.165, 1.54) is 6.26 Å². The van der Waals surface area contributed by atoms with Gasteiger partial charge in [-0.05, 0) is 23.8 Å². The van der Waals surface area contributed by atoms with Gasteiger partial charge in [-0.2, -0.15) is 0 Å². The van der Waals surface area contributed by atoms with E-state index in [1.807, 2.05) is 36.4 Å². The normalized spacial score (nSPS) is 11.1. The van der Waals surface area contributed by atoms with Crippen molar-refractivity contribution < 1.29 is 9.15 Å². The quantitative estimate of drug-likeness (QED) is 0.727. The summed E-state index contributed by atoms with van der Waals surface area (Å²) in [4.78, 5) is 12.5. The first kappa shape index (κ1) is 13.2. The summed E-state index contributed by atoms with van der Waals surface area (Å²) in [6.07, 6.45) is 5.12. The third kappa shape index (κ3) is 2.58. The third-order valence-corrected chi connectivity index (χ3v) is 3.26. The van der Waals surface area contributed by atoms with Crippen molar-refractivity contribution in [1.29, 1.82) is 0 Å². The lowest BCUT2D eigenvalue weighted by molar-refractivity contribution is 0.418. The zero-order chi connectivity index (χ0) is 14.7. The van der Waals surface area contributed by atoms with E-state index in [1.54, 1.807) is 31.4 Å². The van der Waals surface area contributed by atoms with Crippen molar-refractivity contribution >= 4 is 23.1 Å². The standard InChI is InChI=1S/C18H14O3/c1-20-15-8-5-9-16-17(15)18(19)14(12-21-16)11-10-13-6-3-2-4-7-13/h2-12H,1H3/b11-10-. The molecule has 0 spiro atoms. The van der Waals surface area contributed by atoms with Gasteiger partial charge in [0.15, 0.2) is 0 Å². The molecule has 0 saturated heterocycles. The fraction of sp³-hybridized carbons (Fsp3) is 0.0556. The number of hydrogen-bond donors (Lipinski definition) is 0. The highest BCUT2D eigenvalue weighted by molar-refractivity contribution is 5.85. The third-order valence-electron chi connectivity index (χ3n) is 3.26. The molecule has 0 fully saturated rings. The van der Waals surface area contributed by atoms with Crippen LogP contribution in [-0.4, -0.2) is 7.11 Å². The highest BCUT2D eigenvalue weighted by Gasteiger charge is 2.09. The van der Waals surface area contributed by atoms with Gasteiger partial charge in [0, 0.05) is 0 Å². The minimum absolute atomic E-state index is 0.0964. The number of ether oxygens (including phenoxy) is 1. The molecule has 3 heteroatoms.